The number of nitrogens with two attached hydrogens (primary N) is 1. The van der Waals surface area contributed by atoms with Gasteiger partial charge in [-0.2, -0.15) is 8.42 Å². The average molecular weight is 653 g/mol. The molecule has 11 nitrogen and oxygen atoms in total. The largest absolute Gasteiger partial charge is 0.326 e. The molecule has 0 saturated heterocycles. The molecule has 0 aliphatic carbocycles. The molecule has 0 aliphatic heterocycles. The second-order valence-electron chi connectivity index (χ2n) is 10.5. The number of aromatic nitrogens is 1. The number of amides is 3. The number of pyridine rings is 1. The Morgan fingerprint density at radius 3 is 1.51 bits per heavy atom. The van der Waals surface area contributed by atoms with Gasteiger partial charge in [0.05, 0.1) is 4.90 Å². The summed E-state index contributed by atoms with van der Waals surface area (Å²) in [6.45, 7) is 2.28. The summed E-state index contributed by atoms with van der Waals surface area (Å²) in [7, 11) is -2.15. The van der Waals surface area contributed by atoms with E-state index < -0.39 is 10.1 Å². The molecule has 1 heterocycles. The number of hydrogen-bond donors (Lipinski definition) is 5. The molecule has 1 aromatic heterocycles. The van der Waals surface area contributed by atoms with Crippen LogP contribution in [0.2, 0.25) is 0 Å². The first-order valence-corrected chi connectivity index (χ1v) is 15.8. The van der Waals surface area contributed by atoms with Crippen LogP contribution in [0.1, 0.15) is 42.2 Å². The highest BCUT2D eigenvalue weighted by atomic mass is 32.2. The van der Waals surface area contributed by atoms with Gasteiger partial charge in [0.1, 0.15) is 12.7 Å². The molecule has 6 N–H and O–H groups in total. The second-order valence-corrected chi connectivity index (χ2v) is 11.9. The number of carbonyl (C=O) groups excluding carboxylic acids is 3. The zero-order valence-electron chi connectivity index (χ0n) is 25.7. The van der Waals surface area contributed by atoms with E-state index in [1.165, 1.54) is 12.1 Å². The second kappa shape index (κ2) is 15.5. The van der Waals surface area contributed by atoms with Crippen molar-refractivity contribution in [3.63, 3.8) is 0 Å². The maximum atomic E-state index is 12.6. The molecule has 5 rings (SSSR count). The maximum Gasteiger partial charge on any atom is 0.294 e. The lowest BCUT2D eigenvalue weighted by Gasteiger charge is -2.09. The van der Waals surface area contributed by atoms with Crippen molar-refractivity contribution < 1.29 is 31.9 Å². The molecule has 0 radical (unpaired) electrons. The lowest BCUT2D eigenvalue weighted by molar-refractivity contribution is -0.670. The van der Waals surface area contributed by atoms with E-state index in [2.05, 4.69) is 16.0 Å². The van der Waals surface area contributed by atoms with Gasteiger partial charge in [-0.1, -0.05) is 29.8 Å². The lowest BCUT2D eigenvalue weighted by Crippen LogP contribution is -2.27. The Bertz CT molecular complexity index is 1960. The van der Waals surface area contributed by atoms with Gasteiger partial charge in [0.15, 0.2) is 12.4 Å². The summed E-state index contributed by atoms with van der Waals surface area (Å²) in [5, 5.41) is 8.45. The number of hydrogen-bond acceptors (Lipinski definition) is 6. The fourth-order valence-electron chi connectivity index (χ4n) is 4.18. The normalized spacial score (nSPS) is 10.6. The number of rotatable bonds is 8. The van der Waals surface area contributed by atoms with E-state index in [0.29, 0.717) is 40.3 Å². The number of benzene rings is 4. The van der Waals surface area contributed by atoms with Gasteiger partial charge in [-0.25, -0.2) is 4.57 Å². The highest BCUT2D eigenvalue weighted by Crippen LogP contribution is 2.15. The van der Waals surface area contributed by atoms with Crippen LogP contribution in [0.25, 0.3) is 0 Å². The third-order valence-electron chi connectivity index (χ3n) is 6.78. The zero-order valence-corrected chi connectivity index (χ0v) is 26.5. The van der Waals surface area contributed by atoms with Crippen LogP contribution in [0, 0.1) is 6.92 Å². The molecule has 0 aliphatic rings. The molecule has 0 spiro atoms. The molecule has 5 aromatic rings. The van der Waals surface area contributed by atoms with Crippen molar-refractivity contribution in [2.45, 2.75) is 18.4 Å². The van der Waals surface area contributed by atoms with E-state index in [-0.39, 0.29) is 22.6 Å². The Balaban J connectivity index is 0.000000385. The first kappa shape index (κ1) is 34.2. The third-order valence-corrected chi connectivity index (χ3v) is 7.65. The Hall–Kier alpha value is -5.69. The summed E-state index contributed by atoms with van der Waals surface area (Å²) in [6.07, 6.45) is 3.68. The third kappa shape index (κ3) is 10.2. The van der Waals surface area contributed by atoms with Crippen LogP contribution >= 0.6 is 0 Å². The Morgan fingerprint density at radius 2 is 1.09 bits per heavy atom. The summed E-state index contributed by atoms with van der Waals surface area (Å²) in [5.41, 5.74) is 10.7. The summed E-state index contributed by atoms with van der Waals surface area (Å²) >= 11 is 0. The van der Waals surface area contributed by atoms with Crippen LogP contribution < -0.4 is 26.3 Å². The molecule has 0 atom stereocenters. The SMILES string of the molecule is C[n+]1cccc(NC(=O)c2ccc(NC(=O)c3ccc(C(=O)Nc4ccc(CN)cc4)cc3)cc2)c1.Cc1ccc(S(=O)(=O)O)cc1. The van der Waals surface area contributed by atoms with Crippen molar-refractivity contribution in [3.05, 3.63) is 149 Å². The van der Waals surface area contributed by atoms with E-state index in [9.17, 15) is 22.8 Å². The maximum absolute atomic E-state index is 12.6. The average Bonchev–Trinajstić information content (AvgIpc) is 3.05. The molecule has 0 fully saturated rings. The first-order chi connectivity index (χ1) is 22.4. The number of nitrogens with one attached hydrogen (secondary N) is 3. The van der Waals surface area contributed by atoms with Crippen molar-refractivity contribution in [2.24, 2.45) is 12.8 Å². The standard InChI is InChI=1S/C28H25N5O3.C7H8O3S/c1-33-16-2-3-25(18-33)32-28(36)22-10-14-24(15-11-22)31-27(35)21-8-6-20(7-9-21)26(34)30-23-12-4-19(17-29)5-13-23;1-6-2-4-7(5-3-6)11(8,9)10/h2-16,18H,17,29H2,1H3,(H2-,30,31,32,34,35,36);2-5H,1H3,(H,8,9,10)/p+1. The van der Waals surface area contributed by atoms with Gasteiger partial charge in [0, 0.05) is 40.7 Å². The highest BCUT2D eigenvalue weighted by molar-refractivity contribution is 7.85. The highest BCUT2D eigenvalue weighted by Gasteiger charge is 2.12. The predicted octanol–water partition coefficient (Wildman–Crippen LogP) is 4.97. The van der Waals surface area contributed by atoms with Crippen molar-refractivity contribution >= 4 is 44.9 Å². The monoisotopic (exact) mass is 652 g/mol. The van der Waals surface area contributed by atoms with E-state index in [0.717, 1.165) is 11.1 Å². The zero-order chi connectivity index (χ0) is 34.0. The first-order valence-electron chi connectivity index (χ1n) is 14.3. The van der Waals surface area contributed by atoms with Crippen LogP contribution in [0.5, 0.6) is 0 Å². The molecule has 0 bridgehead atoms. The molecule has 240 valence electrons. The lowest BCUT2D eigenvalue weighted by atomic mass is 10.1. The van der Waals surface area contributed by atoms with Crippen molar-refractivity contribution in [3.8, 4) is 0 Å². The molecular weight excluding hydrogens is 618 g/mol. The molecule has 12 heteroatoms. The quantitative estimate of drug-likeness (QED) is 0.116. The van der Waals surface area contributed by atoms with Gasteiger partial charge in [0.25, 0.3) is 27.8 Å². The van der Waals surface area contributed by atoms with Crippen LogP contribution in [0.3, 0.4) is 0 Å². The van der Waals surface area contributed by atoms with Crippen LogP contribution in [0.15, 0.2) is 126 Å². The molecule has 3 amide bonds. The minimum absolute atomic E-state index is 0.0666. The summed E-state index contributed by atoms with van der Waals surface area (Å²) in [5.74, 6) is -0.850. The Kier molecular flexibility index (Phi) is 11.3. The smallest absolute Gasteiger partial charge is 0.294 e. The van der Waals surface area contributed by atoms with Crippen molar-refractivity contribution in [2.75, 3.05) is 16.0 Å². The van der Waals surface area contributed by atoms with Crippen molar-refractivity contribution in [1.29, 1.82) is 0 Å². The fourth-order valence-corrected chi connectivity index (χ4v) is 4.66. The van der Waals surface area contributed by atoms with Crippen molar-refractivity contribution in [1.82, 2.24) is 0 Å². The topological polar surface area (TPSA) is 172 Å². The predicted molar refractivity (Wildman–Crippen MR) is 180 cm³/mol. The number of nitrogens with zero attached hydrogens (tertiary/aromatic N) is 1. The van der Waals surface area contributed by atoms with Gasteiger partial charge in [-0.05, 0) is 91.3 Å². The minimum atomic E-state index is -4.02. The molecule has 0 saturated carbocycles. The molecule has 4 aromatic carbocycles. The van der Waals surface area contributed by atoms with Crippen LogP contribution in [-0.2, 0) is 23.7 Å². The fraction of sp³-hybridized carbons (Fsp3) is 0.0857. The van der Waals surface area contributed by atoms with Gasteiger partial charge < -0.3 is 21.7 Å². The molecular formula is C35H34N5O6S+. The van der Waals surface area contributed by atoms with Gasteiger partial charge in [0.2, 0.25) is 0 Å². The molecule has 0 unspecified atom stereocenters. The van der Waals surface area contributed by atoms with Gasteiger partial charge in [-0.3, -0.25) is 18.9 Å². The minimum Gasteiger partial charge on any atom is -0.326 e. The van der Waals surface area contributed by atoms with Crippen LogP contribution in [0.4, 0.5) is 17.1 Å². The van der Waals surface area contributed by atoms with Gasteiger partial charge >= 0.3 is 0 Å². The van der Waals surface area contributed by atoms with E-state index in [1.54, 1.807) is 85.1 Å². The van der Waals surface area contributed by atoms with Gasteiger partial charge in [-0.15, -0.1) is 0 Å². The molecule has 47 heavy (non-hydrogen) atoms. The van der Waals surface area contributed by atoms with Crippen LogP contribution in [-0.4, -0.2) is 30.7 Å². The summed E-state index contributed by atoms with van der Waals surface area (Å²) in [4.78, 5) is 37.5. The number of anilines is 3. The number of aryl methyl sites for hydroxylation is 2. The Labute approximate surface area is 272 Å². The van der Waals surface area contributed by atoms with E-state index in [4.69, 9.17) is 10.3 Å². The van der Waals surface area contributed by atoms with E-state index in [1.807, 2.05) is 42.9 Å². The summed E-state index contributed by atoms with van der Waals surface area (Å²) < 4.78 is 31.4. The van der Waals surface area contributed by atoms with E-state index >= 15 is 0 Å². The number of carbonyl (C=O) groups is 3. The Morgan fingerprint density at radius 1 is 0.660 bits per heavy atom. The summed E-state index contributed by atoms with van der Waals surface area (Å²) in [6, 6.07) is 29.9.